The number of rotatable bonds is 3. The van der Waals surface area contributed by atoms with E-state index in [0.717, 1.165) is 28.6 Å². The van der Waals surface area contributed by atoms with Crippen LogP contribution in [0.25, 0.3) is 0 Å². The van der Waals surface area contributed by atoms with Crippen molar-refractivity contribution in [1.82, 2.24) is 0 Å². The molecule has 4 rings (SSSR count). The number of para-hydroxylation sites is 1. The quantitative estimate of drug-likeness (QED) is 0.580. The molecule has 3 aromatic rings. The molecule has 1 aliphatic rings. The molecule has 1 aliphatic heterocycles. The number of nitrogens with zero attached hydrogens (tertiary/aromatic N) is 5. The van der Waals surface area contributed by atoms with Crippen molar-refractivity contribution < 1.29 is 0 Å². The number of nitriles is 2. The molecular formula is C24H17N5S. The molecule has 0 N–H and O–H groups in total. The Kier molecular flexibility index (Phi) is 5.34. The maximum atomic E-state index is 10.1. The van der Waals surface area contributed by atoms with E-state index in [0.29, 0.717) is 16.7 Å². The fourth-order valence-electron chi connectivity index (χ4n) is 3.10. The number of thioether (sulfide) groups is 1. The maximum Gasteiger partial charge on any atom is 0.274 e. The van der Waals surface area contributed by atoms with Crippen LogP contribution in [0.3, 0.4) is 0 Å². The highest BCUT2D eigenvalue weighted by Crippen LogP contribution is 2.40. The number of anilines is 1. The summed E-state index contributed by atoms with van der Waals surface area (Å²) in [7, 11) is 0. The van der Waals surface area contributed by atoms with Gasteiger partial charge in [0, 0.05) is 11.3 Å². The van der Waals surface area contributed by atoms with Crippen LogP contribution in [-0.4, -0.2) is 15.9 Å². The van der Waals surface area contributed by atoms with Gasteiger partial charge in [-0.1, -0.05) is 66.2 Å². The maximum absolute atomic E-state index is 10.1. The smallest absolute Gasteiger partial charge is 0.274 e. The zero-order valence-electron chi connectivity index (χ0n) is 16.2. The highest BCUT2D eigenvalue weighted by Gasteiger charge is 2.46. The first-order valence-electron chi connectivity index (χ1n) is 9.31. The van der Waals surface area contributed by atoms with E-state index in [9.17, 15) is 10.5 Å². The van der Waals surface area contributed by atoms with Crippen molar-refractivity contribution in [2.24, 2.45) is 9.98 Å². The zero-order valence-corrected chi connectivity index (χ0v) is 17.0. The van der Waals surface area contributed by atoms with Gasteiger partial charge < -0.3 is 0 Å². The SMILES string of the molecule is Cc1ccc(N2C(c3ccccc3)=NC(=Nc3ccccc3)SC2(C#N)C#N)cc1. The second kappa shape index (κ2) is 8.24. The molecule has 0 atom stereocenters. The second-order valence-corrected chi connectivity index (χ2v) is 7.83. The minimum atomic E-state index is -1.55. The van der Waals surface area contributed by atoms with Crippen LogP contribution in [0.2, 0.25) is 0 Å². The molecule has 0 fully saturated rings. The van der Waals surface area contributed by atoms with Crippen LogP contribution in [0.15, 0.2) is 94.9 Å². The van der Waals surface area contributed by atoms with E-state index in [1.807, 2.05) is 91.9 Å². The fourth-order valence-corrected chi connectivity index (χ4v) is 4.02. The van der Waals surface area contributed by atoms with Gasteiger partial charge in [0.1, 0.15) is 18.0 Å². The Hall–Kier alpha value is -3.87. The van der Waals surface area contributed by atoms with Crippen LogP contribution >= 0.6 is 11.8 Å². The Labute approximate surface area is 179 Å². The minimum absolute atomic E-state index is 0.367. The molecule has 6 heteroatoms. The third kappa shape index (κ3) is 3.69. The highest BCUT2D eigenvalue weighted by molar-refractivity contribution is 8.15. The van der Waals surface area contributed by atoms with Gasteiger partial charge in [-0.25, -0.2) is 9.98 Å². The van der Waals surface area contributed by atoms with Crippen molar-refractivity contribution in [1.29, 1.82) is 10.5 Å². The average Bonchev–Trinajstić information content (AvgIpc) is 2.80. The standard InChI is InChI=1S/C24H17N5S/c1-18-12-14-21(15-13-18)29-22(19-8-4-2-5-9-19)28-23(30-24(29,16-25)17-26)27-20-10-6-3-7-11-20/h2-15H,1H3. The van der Waals surface area contributed by atoms with Gasteiger partial charge in [-0.2, -0.15) is 10.5 Å². The molecule has 0 bridgehead atoms. The summed E-state index contributed by atoms with van der Waals surface area (Å²) in [6.07, 6.45) is 0. The molecule has 30 heavy (non-hydrogen) atoms. The normalized spacial score (nSPS) is 16.4. The summed E-state index contributed by atoms with van der Waals surface area (Å²) in [5.74, 6) is 0.510. The second-order valence-electron chi connectivity index (χ2n) is 6.67. The molecular weight excluding hydrogens is 390 g/mol. The molecule has 0 aliphatic carbocycles. The lowest BCUT2D eigenvalue weighted by Crippen LogP contribution is -2.52. The van der Waals surface area contributed by atoms with Crippen molar-refractivity contribution >= 4 is 34.1 Å². The Balaban J connectivity index is 1.95. The van der Waals surface area contributed by atoms with Gasteiger partial charge >= 0.3 is 0 Å². The van der Waals surface area contributed by atoms with Crippen LogP contribution < -0.4 is 4.90 Å². The Bertz CT molecular complexity index is 1170. The van der Waals surface area contributed by atoms with Gasteiger partial charge in [-0.05, 0) is 43.0 Å². The van der Waals surface area contributed by atoms with Gasteiger partial charge in [-0.3, -0.25) is 4.90 Å². The van der Waals surface area contributed by atoms with Gasteiger partial charge in [0.15, 0.2) is 5.17 Å². The van der Waals surface area contributed by atoms with E-state index in [4.69, 9.17) is 4.99 Å². The van der Waals surface area contributed by atoms with E-state index < -0.39 is 4.87 Å². The Morgan fingerprint density at radius 1 is 0.867 bits per heavy atom. The number of aryl methyl sites for hydroxylation is 1. The van der Waals surface area contributed by atoms with E-state index in [1.165, 1.54) is 0 Å². The molecule has 3 aromatic carbocycles. The van der Waals surface area contributed by atoms with Crippen LogP contribution in [0.1, 0.15) is 11.1 Å². The largest absolute Gasteiger partial charge is 0.286 e. The lowest BCUT2D eigenvalue weighted by Gasteiger charge is -2.38. The van der Waals surface area contributed by atoms with Crippen molar-refractivity contribution in [3.8, 4) is 12.1 Å². The third-order valence-corrected chi connectivity index (χ3v) is 5.60. The van der Waals surface area contributed by atoms with Gasteiger partial charge in [-0.15, -0.1) is 0 Å². The summed E-state index contributed by atoms with van der Waals surface area (Å²) in [5, 5.41) is 20.6. The highest BCUT2D eigenvalue weighted by atomic mass is 32.2. The van der Waals surface area contributed by atoms with E-state index in [2.05, 4.69) is 17.1 Å². The lowest BCUT2D eigenvalue weighted by atomic mass is 10.1. The number of hydrogen-bond acceptors (Lipinski definition) is 5. The summed E-state index contributed by atoms with van der Waals surface area (Å²) >= 11 is 1.05. The van der Waals surface area contributed by atoms with Crippen LogP contribution in [0, 0.1) is 29.6 Å². The summed E-state index contributed by atoms with van der Waals surface area (Å²) in [6.45, 7) is 1.99. The first kappa shape index (κ1) is 19.4. The summed E-state index contributed by atoms with van der Waals surface area (Å²) in [4.78, 5) is 9.51. The lowest BCUT2D eigenvalue weighted by molar-refractivity contribution is 0.925. The molecule has 0 saturated carbocycles. The van der Waals surface area contributed by atoms with Crippen molar-refractivity contribution in [2.45, 2.75) is 11.8 Å². The van der Waals surface area contributed by atoms with E-state index in [1.54, 1.807) is 4.90 Å². The van der Waals surface area contributed by atoms with Crippen LogP contribution in [-0.2, 0) is 0 Å². The first-order valence-corrected chi connectivity index (χ1v) is 10.1. The van der Waals surface area contributed by atoms with E-state index in [-0.39, 0.29) is 0 Å². The van der Waals surface area contributed by atoms with Gasteiger partial charge in [0.2, 0.25) is 0 Å². The van der Waals surface area contributed by atoms with Crippen molar-refractivity contribution in [2.75, 3.05) is 4.90 Å². The molecule has 0 radical (unpaired) electrons. The zero-order chi connectivity index (χ0) is 21.0. The summed E-state index contributed by atoms with van der Waals surface area (Å²) in [5.41, 5.74) is 3.32. The fraction of sp³-hybridized carbons (Fsp3) is 0.0833. The molecule has 5 nitrogen and oxygen atoms in total. The van der Waals surface area contributed by atoms with Gasteiger partial charge in [0.25, 0.3) is 4.87 Å². The minimum Gasteiger partial charge on any atom is -0.286 e. The van der Waals surface area contributed by atoms with Gasteiger partial charge in [0.05, 0.1) is 5.69 Å². The van der Waals surface area contributed by atoms with Crippen molar-refractivity contribution in [3.05, 3.63) is 96.1 Å². The number of aliphatic imine (C=N–C) groups is 2. The molecule has 0 unspecified atom stereocenters. The molecule has 0 saturated heterocycles. The Morgan fingerprint density at radius 2 is 1.47 bits per heavy atom. The molecule has 0 spiro atoms. The summed E-state index contributed by atoms with van der Waals surface area (Å²) in [6, 6.07) is 31.1. The number of amidine groups is 2. The topological polar surface area (TPSA) is 75.5 Å². The average molecular weight is 408 g/mol. The van der Waals surface area contributed by atoms with Crippen LogP contribution in [0.5, 0.6) is 0 Å². The monoisotopic (exact) mass is 407 g/mol. The number of hydrogen-bond donors (Lipinski definition) is 0. The van der Waals surface area contributed by atoms with E-state index >= 15 is 0 Å². The third-order valence-electron chi connectivity index (χ3n) is 4.58. The number of benzene rings is 3. The molecule has 144 valence electrons. The summed E-state index contributed by atoms with van der Waals surface area (Å²) < 4.78 is 0. The first-order chi connectivity index (χ1) is 14.6. The van der Waals surface area contributed by atoms with Crippen LogP contribution in [0.4, 0.5) is 11.4 Å². The Morgan fingerprint density at radius 3 is 2.07 bits per heavy atom. The molecule has 1 heterocycles. The van der Waals surface area contributed by atoms with Crippen molar-refractivity contribution in [3.63, 3.8) is 0 Å². The predicted molar refractivity (Wildman–Crippen MR) is 122 cm³/mol. The molecule has 0 aromatic heterocycles. The predicted octanol–water partition coefficient (Wildman–Crippen LogP) is 5.43. The molecule has 0 amide bonds.